The van der Waals surface area contributed by atoms with Gasteiger partial charge in [0.2, 0.25) is 5.91 Å². The van der Waals surface area contributed by atoms with Crippen molar-refractivity contribution in [2.75, 3.05) is 7.05 Å². The molecule has 1 aromatic carbocycles. The largest absolute Gasteiger partial charge is 0.369 e. The SMILES string of the molecule is C=C=C(C)c1ccc(C(=C)C)c2c1C(CC)C=CC2C(N)=O.CC.CC.CN. The van der Waals surface area contributed by atoms with E-state index < -0.39 is 5.92 Å². The van der Waals surface area contributed by atoms with Crippen LogP contribution in [-0.2, 0) is 4.79 Å². The number of hydrogen-bond acceptors (Lipinski definition) is 2. The van der Waals surface area contributed by atoms with Gasteiger partial charge in [0, 0.05) is 5.92 Å². The molecule has 1 aromatic rings. The van der Waals surface area contributed by atoms with Gasteiger partial charge in [-0.25, -0.2) is 0 Å². The molecule has 3 heteroatoms. The van der Waals surface area contributed by atoms with Gasteiger partial charge in [-0.15, -0.1) is 5.73 Å². The highest BCUT2D eigenvalue weighted by atomic mass is 16.1. The van der Waals surface area contributed by atoms with Crippen LogP contribution in [0.1, 0.15) is 89.0 Å². The quantitative estimate of drug-likeness (QED) is 0.481. The van der Waals surface area contributed by atoms with E-state index in [9.17, 15) is 4.79 Å². The lowest BCUT2D eigenvalue weighted by Gasteiger charge is -2.30. The molecule has 0 radical (unpaired) electrons. The highest BCUT2D eigenvalue weighted by molar-refractivity contribution is 5.89. The Bertz CT molecular complexity index is 722. The molecular formula is C25H40N2O. The van der Waals surface area contributed by atoms with Crippen LogP contribution in [0.15, 0.2) is 43.2 Å². The summed E-state index contributed by atoms with van der Waals surface area (Å²) in [5, 5.41) is 0. The molecule has 0 aromatic heterocycles. The van der Waals surface area contributed by atoms with Gasteiger partial charge in [0.25, 0.3) is 0 Å². The van der Waals surface area contributed by atoms with Crippen LogP contribution >= 0.6 is 0 Å². The first-order chi connectivity index (χ1) is 13.4. The third-order valence-electron chi connectivity index (χ3n) is 4.38. The number of benzene rings is 1. The number of primary amides is 1. The van der Waals surface area contributed by atoms with Crippen molar-refractivity contribution >= 4 is 17.1 Å². The topological polar surface area (TPSA) is 69.1 Å². The van der Waals surface area contributed by atoms with Crippen molar-refractivity contribution in [2.45, 2.75) is 66.7 Å². The average Bonchev–Trinajstić information content (AvgIpc) is 2.75. The third kappa shape index (κ3) is 6.37. The average molecular weight is 385 g/mol. The molecular weight excluding hydrogens is 344 g/mol. The Morgan fingerprint density at radius 3 is 1.93 bits per heavy atom. The Balaban J connectivity index is 0. The minimum Gasteiger partial charge on any atom is -0.369 e. The smallest absolute Gasteiger partial charge is 0.228 e. The summed E-state index contributed by atoms with van der Waals surface area (Å²) in [6.07, 6.45) is 4.99. The summed E-state index contributed by atoms with van der Waals surface area (Å²) in [6, 6.07) is 4.11. The predicted octanol–water partition coefficient (Wildman–Crippen LogP) is 6.17. The van der Waals surface area contributed by atoms with Gasteiger partial charge >= 0.3 is 0 Å². The predicted molar refractivity (Wildman–Crippen MR) is 126 cm³/mol. The van der Waals surface area contributed by atoms with Crippen molar-refractivity contribution in [3.05, 3.63) is 65.4 Å². The van der Waals surface area contributed by atoms with Gasteiger partial charge in [-0.05, 0) is 55.1 Å². The molecule has 1 aliphatic carbocycles. The minimum absolute atomic E-state index is 0.267. The second-order valence-corrected chi connectivity index (χ2v) is 5.85. The highest BCUT2D eigenvalue weighted by Gasteiger charge is 2.30. The molecule has 2 unspecified atom stereocenters. The van der Waals surface area contributed by atoms with E-state index in [1.165, 1.54) is 12.6 Å². The molecule has 0 bridgehead atoms. The number of allylic oxidation sites excluding steroid dienone is 3. The van der Waals surface area contributed by atoms with Gasteiger partial charge in [-0.2, -0.15) is 0 Å². The van der Waals surface area contributed by atoms with Gasteiger partial charge in [-0.3, -0.25) is 4.79 Å². The number of carbonyl (C=O) groups excluding carboxylic acids is 1. The molecule has 0 heterocycles. The second-order valence-electron chi connectivity index (χ2n) is 5.85. The maximum absolute atomic E-state index is 11.9. The molecule has 2 atom stereocenters. The van der Waals surface area contributed by atoms with E-state index in [-0.39, 0.29) is 11.8 Å². The molecule has 4 N–H and O–H groups in total. The minimum atomic E-state index is -0.401. The first-order valence-corrected chi connectivity index (χ1v) is 10.2. The highest BCUT2D eigenvalue weighted by Crippen LogP contribution is 2.43. The van der Waals surface area contributed by atoms with Gasteiger partial charge < -0.3 is 11.5 Å². The van der Waals surface area contributed by atoms with E-state index >= 15 is 0 Å². The summed E-state index contributed by atoms with van der Waals surface area (Å²) in [6.45, 7) is 21.9. The molecule has 28 heavy (non-hydrogen) atoms. The summed E-state index contributed by atoms with van der Waals surface area (Å²) in [4.78, 5) is 11.9. The summed E-state index contributed by atoms with van der Waals surface area (Å²) in [5.74, 6) is -0.461. The molecule has 0 saturated carbocycles. The van der Waals surface area contributed by atoms with E-state index in [0.29, 0.717) is 0 Å². The van der Waals surface area contributed by atoms with Crippen molar-refractivity contribution in [1.29, 1.82) is 0 Å². The van der Waals surface area contributed by atoms with E-state index in [1.807, 2.05) is 53.7 Å². The Kier molecular flexibility index (Phi) is 14.6. The zero-order valence-electron chi connectivity index (χ0n) is 19.1. The van der Waals surface area contributed by atoms with Gasteiger partial charge in [0.1, 0.15) is 0 Å². The van der Waals surface area contributed by atoms with Gasteiger partial charge in [0.15, 0.2) is 0 Å². The lowest BCUT2D eigenvalue weighted by Crippen LogP contribution is -2.25. The van der Waals surface area contributed by atoms with Crippen LogP contribution in [-0.4, -0.2) is 13.0 Å². The Morgan fingerprint density at radius 2 is 1.54 bits per heavy atom. The lowest BCUT2D eigenvalue weighted by atomic mass is 9.74. The van der Waals surface area contributed by atoms with Crippen LogP contribution in [0.3, 0.4) is 0 Å². The Morgan fingerprint density at radius 1 is 1.04 bits per heavy atom. The summed E-state index contributed by atoms with van der Waals surface area (Å²) in [5.41, 5.74) is 19.3. The van der Waals surface area contributed by atoms with Crippen molar-refractivity contribution in [1.82, 2.24) is 0 Å². The van der Waals surface area contributed by atoms with Crippen LogP contribution < -0.4 is 11.5 Å². The molecule has 0 aliphatic heterocycles. The molecule has 2 rings (SSSR count). The van der Waals surface area contributed by atoms with E-state index in [0.717, 1.165) is 34.3 Å². The second kappa shape index (κ2) is 14.7. The zero-order chi connectivity index (χ0) is 22.4. The Labute approximate surface area is 172 Å². The van der Waals surface area contributed by atoms with Gasteiger partial charge in [-0.1, -0.05) is 77.6 Å². The zero-order valence-corrected chi connectivity index (χ0v) is 19.1. The number of fused-ring (bicyclic) bond motifs is 1. The normalized spacial score (nSPS) is 15.8. The van der Waals surface area contributed by atoms with Gasteiger partial charge in [0.05, 0.1) is 5.92 Å². The molecule has 0 spiro atoms. The lowest BCUT2D eigenvalue weighted by molar-refractivity contribution is -0.118. The van der Waals surface area contributed by atoms with Crippen molar-refractivity contribution < 1.29 is 4.79 Å². The summed E-state index contributed by atoms with van der Waals surface area (Å²) in [7, 11) is 1.50. The summed E-state index contributed by atoms with van der Waals surface area (Å²) >= 11 is 0. The fourth-order valence-corrected chi connectivity index (χ4v) is 3.18. The standard InChI is InChI=1S/C20H23NO.2C2H6.CH5N/c1-6-13(5)16-11-10-15(12(3)4)19-17(20(21)22)9-8-14(7-2)18(16)19;3*1-2/h8-11,14,17H,1,3,7H2,2,4-5H3,(H2,21,22);2*1-2H3;2H2,1H3. The Hall–Kier alpha value is -2.35. The fourth-order valence-electron chi connectivity index (χ4n) is 3.18. The van der Waals surface area contributed by atoms with Crippen LogP contribution in [0.4, 0.5) is 0 Å². The van der Waals surface area contributed by atoms with Crippen LogP contribution in [0.25, 0.3) is 11.1 Å². The number of rotatable bonds is 4. The van der Waals surface area contributed by atoms with E-state index in [2.05, 4.69) is 43.7 Å². The summed E-state index contributed by atoms with van der Waals surface area (Å²) < 4.78 is 0. The number of amides is 1. The van der Waals surface area contributed by atoms with Crippen molar-refractivity contribution in [3.63, 3.8) is 0 Å². The number of carbonyl (C=O) groups is 1. The first kappa shape index (κ1) is 27.9. The van der Waals surface area contributed by atoms with Crippen molar-refractivity contribution in [3.8, 4) is 0 Å². The molecule has 0 saturated heterocycles. The van der Waals surface area contributed by atoms with Crippen LogP contribution in [0.2, 0.25) is 0 Å². The number of nitrogens with two attached hydrogens (primary N) is 2. The molecule has 0 fully saturated rings. The number of hydrogen-bond donors (Lipinski definition) is 2. The first-order valence-electron chi connectivity index (χ1n) is 10.2. The molecule has 156 valence electrons. The van der Waals surface area contributed by atoms with Crippen molar-refractivity contribution in [2.24, 2.45) is 11.5 Å². The third-order valence-corrected chi connectivity index (χ3v) is 4.38. The monoisotopic (exact) mass is 384 g/mol. The van der Waals surface area contributed by atoms with Crippen LogP contribution in [0, 0.1) is 0 Å². The molecule has 1 amide bonds. The molecule has 1 aliphatic rings. The van der Waals surface area contributed by atoms with E-state index in [1.54, 1.807) is 0 Å². The maximum atomic E-state index is 11.9. The fraction of sp³-hybridized carbons (Fsp3) is 0.440. The molecule has 3 nitrogen and oxygen atoms in total. The van der Waals surface area contributed by atoms with Crippen LogP contribution in [0.5, 0.6) is 0 Å². The van der Waals surface area contributed by atoms with E-state index in [4.69, 9.17) is 5.73 Å². The maximum Gasteiger partial charge on any atom is 0.228 e.